The van der Waals surface area contributed by atoms with Crippen molar-refractivity contribution >= 4 is 5.91 Å². The van der Waals surface area contributed by atoms with Crippen molar-refractivity contribution in [1.82, 2.24) is 5.32 Å². The van der Waals surface area contributed by atoms with Crippen molar-refractivity contribution in [2.45, 2.75) is 69.9 Å². The molecule has 22 heavy (non-hydrogen) atoms. The van der Waals surface area contributed by atoms with Gasteiger partial charge in [-0.05, 0) is 33.8 Å². The van der Waals surface area contributed by atoms with Crippen LogP contribution in [0.2, 0.25) is 0 Å². The molecule has 7 heteroatoms. The number of fused-ring (bicyclic) bond motifs is 1. The van der Waals surface area contributed by atoms with Gasteiger partial charge in [0.1, 0.15) is 18.3 Å². The monoisotopic (exact) mass is 313 g/mol. The van der Waals surface area contributed by atoms with Crippen molar-refractivity contribution in [3.05, 3.63) is 12.7 Å². The summed E-state index contributed by atoms with van der Waals surface area (Å²) in [4.78, 5) is 11.8. The molecule has 3 heterocycles. The van der Waals surface area contributed by atoms with Crippen LogP contribution in [-0.2, 0) is 28.5 Å². The molecule has 0 aromatic carbocycles. The molecule has 0 saturated carbocycles. The van der Waals surface area contributed by atoms with Crippen LogP contribution in [-0.4, -0.2) is 54.7 Å². The van der Waals surface area contributed by atoms with Crippen molar-refractivity contribution in [3.8, 4) is 0 Å². The predicted octanol–water partition coefficient (Wildman–Crippen LogP) is 0.685. The van der Waals surface area contributed by atoms with E-state index in [0.717, 1.165) is 0 Å². The number of hydrogen-bond acceptors (Lipinski definition) is 6. The van der Waals surface area contributed by atoms with E-state index in [4.69, 9.17) is 23.7 Å². The Kier molecular flexibility index (Phi) is 3.81. The molecule has 0 aromatic heterocycles. The average molecular weight is 313 g/mol. The van der Waals surface area contributed by atoms with Crippen LogP contribution in [0.1, 0.15) is 27.7 Å². The number of carbonyl (C=O) groups excluding carboxylic acids is 1. The maximum Gasteiger partial charge on any atom is 0.243 e. The summed E-state index contributed by atoms with van der Waals surface area (Å²) in [5.74, 6) is -1.70. The van der Waals surface area contributed by atoms with Gasteiger partial charge in [0.05, 0.1) is 12.6 Å². The molecule has 1 amide bonds. The summed E-state index contributed by atoms with van der Waals surface area (Å²) in [5.41, 5.74) is 0. The number of rotatable bonds is 3. The van der Waals surface area contributed by atoms with E-state index >= 15 is 0 Å². The molecule has 0 spiro atoms. The molecule has 3 saturated heterocycles. The molecule has 0 unspecified atom stereocenters. The summed E-state index contributed by atoms with van der Waals surface area (Å²) >= 11 is 0. The fourth-order valence-corrected chi connectivity index (χ4v) is 3.12. The number of nitrogens with one attached hydrogen (secondary N) is 1. The minimum absolute atomic E-state index is 0.286. The lowest BCUT2D eigenvalue weighted by Gasteiger charge is -2.29. The summed E-state index contributed by atoms with van der Waals surface area (Å²) in [6.45, 7) is 11.2. The minimum Gasteiger partial charge on any atom is -0.348 e. The Balaban J connectivity index is 1.78. The van der Waals surface area contributed by atoms with E-state index in [2.05, 4.69) is 11.9 Å². The first-order chi connectivity index (χ1) is 10.2. The van der Waals surface area contributed by atoms with Crippen LogP contribution in [0, 0.1) is 0 Å². The quantitative estimate of drug-likeness (QED) is 0.773. The molecule has 7 nitrogen and oxygen atoms in total. The summed E-state index contributed by atoms with van der Waals surface area (Å²) in [6, 6.07) is -0.389. The second-order valence-corrected chi connectivity index (χ2v) is 6.67. The van der Waals surface area contributed by atoms with E-state index in [-0.39, 0.29) is 18.1 Å². The number of amides is 1. The molecule has 3 fully saturated rings. The average Bonchev–Trinajstić information content (AvgIpc) is 3.01. The van der Waals surface area contributed by atoms with E-state index in [1.54, 1.807) is 0 Å². The second kappa shape index (κ2) is 5.28. The molecule has 0 aliphatic carbocycles. The number of carbonyl (C=O) groups is 1. The summed E-state index contributed by atoms with van der Waals surface area (Å²) in [5, 5.41) is 2.87. The van der Waals surface area contributed by atoms with Crippen LogP contribution in [0.25, 0.3) is 0 Å². The van der Waals surface area contributed by atoms with Crippen molar-refractivity contribution in [2.75, 3.05) is 6.61 Å². The Bertz CT molecular complexity index is 477. The maximum atomic E-state index is 11.8. The van der Waals surface area contributed by atoms with Crippen LogP contribution >= 0.6 is 0 Å². The highest BCUT2D eigenvalue weighted by Gasteiger charge is 2.58. The van der Waals surface area contributed by atoms with Gasteiger partial charge in [0.2, 0.25) is 5.91 Å². The van der Waals surface area contributed by atoms with Crippen molar-refractivity contribution < 1.29 is 28.5 Å². The van der Waals surface area contributed by atoms with Crippen LogP contribution in [0.4, 0.5) is 0 Å². The third kappa shape index (κ3) is 2.91. The first-order valence-electron chi connectivity index (χ1n) is 7.46. The van der Waals surface area contributed by atoms with Crippen molar-refractivity contribution in [2.24, 2.45) is 0 Å². The van der Waals surface area contributed by atoms with E-state index in [9.17, 15) is 4.79 Å². The molecule has 0 bridgehead atoms. The minimum atomic E-state index is -0.746. The molecule has 3 aliphatic rings. The first kappa shape index (κ1) is 15.9. The molecule has 124 valence electrons. The Hall–Kier alpha value is -0.990. The second-order valence-electron chi connectivity index (χ2n) is 6.67. The van der Waals surface area contributed by atoms with Gasteiger partial charge in [0.15, 0.2) is 17.9 Å². The van der Waals surface area contributed by atoms with Gasteiger partial charge in [-0.2, -0.15) is 0 Å². The lowest BCUT2D eigenvalue weighted by molar-refractivity contribution is -0.223. The predicted molar refractivity (Wildman–Crippen MR) is 75.7 cm³/mol. The highest BCUT2D eigenvalue weighted by atomic mass is 16.8. The molecule has 3 rings (SSSR count). The fraction of sp³-hybridized carbons (Fsp3) is 0.800. The molecule has 5 atom stereocenters. The molecule has 1 N–H and O–H groups in total. The Labute approximate surface area is 129 Å². The zero-order valence-corrected chi connectivity index (χ0v) is 13.3. The van der Waals surface area contributed by atoms with Crippen LogP contribution < -0.4 is 5.32 Å². The highest BCUT2D eigenvalue weighted by molar-refractivity contribution is 5.87. The molecule has 0 aromatic rings. The summed E-state index contributed by atoms with van der Waals surface area (Å²) in [6.07, 6.45) is -0.414. The van der Waals surface area contributed by atoms with Crippen LogP contribution in [0.5, 0.6) is 0 Å². The molecule has 0 radical (unpaired) electrons. The normalized spacial score (nSPS) is 42.1. The maximum absolute atomic E-state index is 11.8. The molecular weight excluding hydrogens is 290 g/mol. The van der Waals surface area contributed by atoms with Gasteiger partial charge in [0.25, 0.3) is 0 Å². The fourth-order valence-electron chi connectivity index (χ4n) is 3.12. The Morgan fingerprint density at radius 1 is 1.14 bits per heavy atom. The smallest absolute Gasteiger partial charge is 0.243 e. The van der Waals surface area contributed by atoms with Gasteiger partial charge in [-0.1, -0.05) is 6.58 Å². The zero-order valence-electron chi connectivity index (χ0n) is 13.3. The lowest BCUT2D eigenvalue weighted by atomic mass is 10.0. The first-order valence-corrected chi connectivity index (χ1v) is 7.46. The summed E-state index contributed by atoms with van der Waals surface area (Å²) < 4.78 is 29.0. The van der Waals surface area contributed by atoms with E-state index < -0.39 is 30.1 Å². The highest BCUT2D eigenvalue weighted by Crippen LogP contribution is 2.40. The summed E-state index contributed by atoms with van der Waals surface area (Å²) in [7, 11) is 0. The Morgan fingerprint density at radius 2 is 1.86 bits per heavy atom. The van der Waals surface area contributed by atoms with Gasteiger partial charge in [-0.15, -0.1) is 0 Å². The van der Waals surface area contributed by atoms with E-state index in [0.29, 0.717) is 6.61 Å². The van der Waals surface area contributed by atoms with Gasteiger partial charge < -0.3 is 29.0 Å². The van der Waals surface area contributed by atoms with E-state index in [1.165, 1.54) is 6.08 Å². The Morgan fingerprint density at radius 3 is 2.45 bits per heavy atom. The van der Waals surface area contributed by atoms with Crippen LogP contribution in [0.15, 0.2) is 12.7 Å². The number of hydrogen-bond donors (Lipinski definition) is 1. The van der Waals surface area contributed by atoms with Crippen molar-refractivity contribution in [1.29, 1.82) is 0 Å². The third-order valence-electron chi connectivity index (χ3n) is 3.98. The number of ether oxygens (including phenoxy) is 5. The van der Waals surface area contributed by atoms with Gasteiger partial charge in [0, 0.05) is 0 Å². The van der Waals surface area contributed by atoms with E-state index in [1.807, 2.05) is 27.7 Å². The lowest BCUT2D eigenvalue weighted by Crippen LogP contribution is -2.52. The largest absolute Gasteiger partial charge is 0.348 e. The molecule has 3 aliphatic heterocycles. The van der Waals surface area contributed by atoms with Gasteiger partial charge in [-0.3, -0.25) is 4.79 Å². The SMILES string of the molecule is C=CC(=O)N[C@@H]1[C@H]2OC(C)(C)O[C@H]2O[C@@H]1[C@H]1COC(C)(C)O1. The van der Waals surface area contributed by atoms with Gasteiger partial charge >= 0.3 is 0 Å². The zero-order chi connectivity index (χ0) is 16.1. The van der Waals surface area contributed by atoms with Crippen LogP contribution in [0.3, 0.4) is 0 Å². The third-order valence-corrected chi connectivity index (χ3v) is 3.98. The molecular formula is C15H23NO6. The topological polar surface area (TPSA) is 75.3 Å². The standard InChI is InChI=1S/C15H23NO6/c1-6-9(17)16-10-11(8-7-18-14(2,3)20-8)19-13-12(10)21-15(4,5)22-13/h6,8,10-13H,1,7H2,2-5H3,(H,16,17)/t8-,10+,11-,12-,13-/m1/s1. The van der Waals surface area contributed by atoms with Crippen molar-refractivity contribution in [3.63, 3.8) is 0 Å². The van der Waals surface area contributed by atoms with Gasteiger partial charge in [-0.25, -0.2) is 0 Å².